The third-order valence-electron chi connectivity index (χ3n) is 8.95. The zero-order valence-electron chi connectivity index (χ0n) is 25.8. The van der Waals surface area contributed by atoms with Crippen LogP contribution in [0.4, 0.5) is 0 Å². The van der Waals surface area contributed by atoms with Crippen LogP contribution < -0.4 is 0 Å². The molecule has 6 aromatic carbocycles. The van der Waals surface area contributed by atoms with Crippen LogP contribution in [-0.4, -0.2) is 24.9 Å². The Hall–Kier alpha value is -6.59. The zero-order chi connectivity index (χ0) is 31.9. The van der Waals surface area contributed by atoms with Crippen LogP contribution in [0.5, 0.6) is 0 Å². The van der Waals surface area contributed by atoms with Gasteiger partial charge in [0.1, 0.15) is 0 Å². The number of fused-ring (bicyclic) bond motifs is 10. The van der Waals surface area contributed by atoms with Crippen LogP contribution >= 0.6 is 0 Å². The van der Waals surface area contributed by atoms with E-state index in [0.717, 1.165) is 32.8 Å². The maximum absolute atomic E-state index is 5.02. The second-order valence-electron chi connectivity index (χ2n) is 11.7. The largest absolute Gasteiger partial charge is 0.265 e. The van der Waals surface area contributed by atoms with Gasteiger partial charge in [0, 0.05) is 41.5 Å². The van der Waals surface area contributed by atoms with Crippen molar-refractivity contribution in [3.63, 3.8) is 0 Å². The van der Waals surface area contributed by atoms with Crippen molar-refractivity contribution < 1.29 is 0 Å². The molecule has 0 atom stereocenters. The van der Waals surface area contributed by atoms with Crippen molar-refractivity contribution in [3.05, 3.63) is 164 Å². The Morgan fingerprint density at radius 3 is 0.896 bits per heavy atom. The van der Waals surface area contributed by atoms with E-state index in [4.69, 9.17) is 15.0 Å². The molecule has 0 bridgehead atoms. The van der Waals surface area contributed by atoms with Crippen molar-refractivity contribution in [2.24, 2.45) is 0 Å². The molecule has 5 nitrogen and oxygen atoms in total. The summed E-state index contributed by atoms with van der Waals surface area (Å²) in [6, 6.07) is 49.1. The Balaban J connectivity index is 1.45. The molecule has 3 heterocycles. The molecule has 0 aliphatic heterocycles. The molecule has 0 fully saturated rings. The van der Waals surface area contributed by atoms with Crippen LogP contribution in [0.2, 0.25) is 0 Å². The fourth-order valence-electron chi connectivity index (χ4n) is 6.72. The average Bonchev–Trinajstić information content (AvgIpc) is 3.18. The molecule has 0 radical (unpaired) electrons. The Bertz CT molecular complexity index is 2590. The van der Waals surface area contributed by atoms with Crippen molar-refractivity contribution in [2.75, 3.05) is 0 Å². The molecule has 5 heteroatoms. The molecular weight excluding hydrogens is 587 g/mol. The lowest BCUT2D eigenvalue weighted by molar-refractivity contribution is 1.07. The number of benzene rings is 5. The molecule has 9 rings (SSSR count). The fourth-order valence-corrected chi connectivity index (χ4v) is 6.72. The first-order valence-electron chi connectivity index (χ1n) is 15.9. The number of hydrogen-bond donors (Lipinski definition) is 0. The summed E-state index contributed by atoms with van der Waals surface area (Å²) < 4.78 is 0. The van der Waals surface area contributed by atoms with E-state index in [2.05, 4.69) is 125 Å². The molecule has 0 spiro atoms. The van der Waals surface area contributed by atoms with Gasteiger partial charge in [0.25, 0.3) is 0 Å². The maximum Gasteiger partial charge on any atom is 0.164 e. The quantitative estimate of drug-likeness (QED) is 0.198. The molecule has 48 heavy (non-hydrogen) atoms. The Kier molecular flexibility index (Phi) is 6.72. The first kappa shape index (κ1) is 27.7. The van der Waals surface area contributed by atoms with Crippen LogP contribution in [0.1, 0.15) is 0 Å². The van der Waals surface area contributed by atoms with Crippen LogP contribution in [0, 0.1) is 0 Å². The van der Waals surface area contributed by atoms with Gasteiger partial charge in [0.2, 0.25) is 0 Å². The first-order valence-corrected chi connectivity index (χ1v) is 15.9. The molecule has 0 amide bonds. The van der Waals surface area contributed by atoms with Gasteiger partial charge in [0.05, 0.1) is 0 Å². The maximum atomic E-state index is 5.02. The number of nitrogens with zero attached hydrogens (tertiary/aromatic N) is 5. The third kappa shape index (κ3) is 4.77. The lowest BCUT2D eigenvalue weighted by atomic mass is 9.94. The molecule has 3 aromatic heterocycles. The van der Waals surface area contributed by atoms with Crippen LogP contribution in [0.25, 0.3) is 88.0 Å². The van der Waals surface area contributed by atoms with E-state index >= 15 is 0 Å². The first-order chi connectivity index (χ1) is 23.8. The van der Waals surface area contributed by atoms with Crippen LogP contribution in [-0.2, 0) is 0 Å². The molecule has 0 N–H and O–H groups in total. The topological polar surface area (TPSA) is 64.5 Å². The van der Waals surface area contributed by atoms with Gasteiger partial charge in [-0.1, -0.05) is 109 Å². The van der Waals surface area contributed by atoms with Gasteiger partial charge in [0.15, 0.2) is 17.5 Å². The van der Waals surface area contributed by atoms with E-state index in [1.165, 1.54) is 37.7 Å². The molecule has 0 saturated carbocycles. The molecule has 9 aromatic rings. The van der Waals surface area contributed by atoms with Gasteiger partial charge < -0.3 is 0 Å². The smallest absolute Gasteiger partial charge is 0.164 e. The highest BCUT2D eigenvalue weighted by Crippen LogP contribution is 2.37. The minimum atomic E-state index is 0.588. The minimum absolute atomic E-state index is 0.588. The van der Waals surface area contributed by atoms with Gasteiger partial charge in [-0.3, -0.25) is 9.97 Å². The van der Waals surface area contributed by atoms with E-state index in [1.54, 1.807) is 24.8 Å². The number of hydrogen-bond acceptors (Lipinski definition) is 5. The Morgan fingerprint density at radius 1 is 0.250 bits per heavy atom. The molecule has 0 unspecified atom stereocenters. The predicted octanol–water partition coefficient (Wildman–Crippen LogP) is 10.6. The summed E-state index contributed by atoms with van der Waals surface area (Å²) in [6.07, 6.45) is 7.02. The molecule has 0 aliphatic carbocycles. The van der Waals surface area contributed by atoms with Crippen molar-refractivity contribution >= 4 is 53.9 Å². The molecular formula is C43H27N5. The molecule has 0 aliphatic rings. The Labute approximate surface area is 276 Å². The van der Waals surface area contributed by atoms with E-state index in [1.807, 2.05) is 24.3 Å². The highest BCUT2D eigenvalue weighted by atomic mass is 15.0. The molecule has 0 saturated heterocycles. The van der Waals surface area contributed by atoms with E-state index in [-0.39, 0.29) is 0 Å². The van der Waals surface area contributed by atoms with E-state index in [9.17, 15) is 0 Å². The van der Waals surface area contributed by atoms with Crippen molar-refractivity contribution in [1.82, 2.24) is 24.9 Å². The highest BCUT2D eigenvalue weighted by molar-refractivity contribution is 6.26. The SMILES string of the molecule is c1ccc2c(c1)c1ccccc1c1ccccc1c1cc(-c3nc(-c4ccncc4)nc(-c4ccncc4)n3)ccc1c1ccccc21. The second-order valence-corrected chi connectivity index (χ2v) is 11.7. The van der Waals surface area contributed by atoms with Gasteiger partial charge >= 0.3 is 0 Å². The number of rotatable bonds is 3. The monoisotopic (exact) mass is 613 g/mol. The lowest BCUT2D eigenvalue weighted by Crippen LogP contribution is -2.00. The van der Waals surface area contributed by atoms with Crippen molar-refractivity contribution in [3.8, 4) is 34.2 Å². The summed E-state index contributed by atoms with van der Waals surface area (Å²) in [7, 11) is 0. The summed E-state index contributed by atoms with van der Waals surface area (Å²) >= 11 is 0. The summed E-state index contributed by atoms with van der Waals surface area (Å²) in [5, 5.41) is 11.8. The normalized spacial score (nSPS) is 11.3. The van der Waals surface area contributed by atoms with Gasteiger partial charge in [-0.2, -0.15) is 0 Å². The summed E-state index contributed by atoms with van der Waals surface area (Å²) in [5.41, 5.74) is 2.65. The van der Waals surface area contributed by atoms with Gasteiger partial charge in [-0.25, -0.2) is 15.0 Å². The van der Waals surface area contributed by atoms with Crippen molar-refractivity contribution in [2.45, 2.75) is 0 Å². The average molecular weight is 614 g/mol. The van der Waals surface area contributed by atoms with Gasteiger partial charge in [-0.15, -0.1) is 0 Å². The standard InChI is InChI=1S/C43H27N5/c1-2-11-33-31(9-1)32-10-3-4-12-34(32)36-14-7-8-16-38(36)40-27-30(17-18-39(40)37-15-6-5-13-35(33)37)43-47-41(28-19-23-44-24-20-28)46-42(48-43)29-21-25-45-26-22-29/h1-27H. The number of pyridine rings is 2. The van der Waals surface area contributed by atoms with Crippen molar-refractivity contribution in [1.29, 1.82) is 0 Å². The van der Waals surface area contributed by atoms with Crippen LogP contribution in [0.3, 0.4) is 0 Å². The molecule has 224 valence electrons. The summed E-state index contributed by atoms with van der Waals surface area (Å²) in [6.45, 7) is 0. The van der Waals surface area contributed by atoms with E-state index in [0.29, 0.717) is 17.5 Å². The minimum Gasteiger partial charge on any atom is -0.265 e. The Morgan fingerprint density at radius 2 is 0.542 bits per heavy atom. The summed E-state index contributed by atoms with van der Waals surface area (Å²) in [5.74, 6) is 1.77. The highest BCUT2D eigenvalue weighted by Gasteiger charge is 2.14. The van der Waals surface area contributed by atoms with Crippen LogP contribution in [0.15, 0.2) is 164 Å². The third-order valence-corrected chi connectivity index (χ3v) is 8.95. The number of aromatic nitrogens is 5. The lowest BCUT2D eigenvalue weighted by Gasteiger charge is -2.11. The second kappa shape index (κ2) is 11.6. The van der Waals surface area contributed by atoms with Gasteiger partial charge in [-0.05, 0) is 84.2 Å². The zero-order valence-corrected chi connectivity index (χ0v) is 25.8. The fraction of sp³-hybridized carbons (Fsp3) is 0. The van der Waals surface area contributed by atoms with E-state index < -0.39 is 0 Å². The predicted molar refractivity (Wildman–Crippen MR) is 197 cm³/mol. The summed E-state index contributed by atoms with van der Waals surface area (Å²) in [4.78, 5) is 23.3.